The topological polar surface area (TPSA) is 36.7 Å². The highest BCUT2D eigenvalue weighted by Crippen LogP contribution is 2.32. The highest BCUT2D eigenvalue weighted by molar-refractivity contribution is 6.00. The van der Waals surface area contributed by atoms with Crippen molar-refractivity contribution in [3.05, 3.63) is 60.2 Å². The third-order valence-electron chi connectivity index (χ3n) is 6.17. The van der Waals surface area contributed by atoms with Crippen molar-refractivity contribution in [2.75, 3.05) is 26.2 Å². The van der Waals surface area contributed by atoms with Crippen molar-refractivity contribution in [3.63, 3.8) is 0 Å². The van der Waals surface area contributed by atoms with Crippen LogP contribution < -0.4 is 0 Å². The predicted molar refractivity (Wildman–Crippen MR) is 110 cm³/mol. The first-order valence-electron chi connectivity index (χ1n) is 10.4. The molecule has 1 aromatic carbocycles. The monoisotopic (exact) mass is 374 g/mol. The van der Waals surface area contributed by atoms with Gasteiger partial charge in [-0.05, 0) is 63.0 Å². The molecule has 2 fully saturated rings. The minimum absolute atomic E-state index is 0.134. The van der Waals surface area contributed by atoms with Crippen molar-refractivity contribution < 1.29 is 9.21 Å². The molecule has 0 unspecified atom stereocenters. The summed E-state index contributed by atoms with van der Waals surface area (Å²) in [6.45, 7) is 4.21. The number of hydrogen-bond acceptors (Lipinski definition) is 3. The lowest BCUT2D eigenvalue weighted by atomic mass is 10.0. The van der Waals surface area contributed by atoms with Gasteiger partial charge >= 0.3 is 0 Å². The SMILES string of the molecule is O=C(c1ccccc1-c1ccc2cccc-2o1)N1CCC[C@H]1CN1CCCC1. The number of amides is 1. The van der Waals surface area contributed by atoms with Crippen LogP contribution in [0.4, 0.5) is 0 Å². The molecule has 1 amide bonds. The number of benzene rings is 1. The molecule has 28 heavy (non-hydrogen) atoms. The summed E-state index contributed by atoms with van der Waals surface area (Å²) in [5.41, 5.74) is 2.70. The molecule has 0 aromatic heterocycles. The number of nitrogens with zero attached hydrogens (tertiary/aromatic N) is 2. The summed E-state index contributed by atoms with van der Waals surface area (Å²) in [7, 11) is 0. The molecule has 2 saturated heterocycles. The highest BCUT2D eigenvalue weighted by atomic mass is 16.3. The quantitative estimate of drug-likeness (QED) is 0.661. The Morgan fingerprint density at radius 2 is 1.75 bits per heavy atom. The van der Waals surface area contributed by atoms with Gasteiger partial charge in [0.25, 0.3) is 5.91 Å². The Bertz CT molecular complexity index is 941. The van der Waals surface area contributed by atoms with Gasteiger partial charge in [0.05, 0.1) is 5.56 Å². The molecule has 0 spiro atoms. The summed E-state index contributed by atoms with van der Waals surface area (Å²) in [5.74, 6) is 1.74. The van der Waals surface area contributed by atoms with E-state index in [1.54, 1.807) is 0 Å². The molecular weight excluding hydrogens is 348 g/mol. The van der Waals surface area contributed by atoms with Crippen LogP contribution >= 0.6 is 0 Å². The van der Waals surface area contributed by atoms with Gasteiger partial charge in [0.2, 0.25) is 0 Å². The summed E-state index contributed by atoms with van der Waals surface area (Å²) >= 11 is 0. The van der Waals surface area contributed by atoms with Crippen LogP contribution in [0.2, 0.25) is 0 Å². The second kappa shape index (κ2) is 7.44. The zero-order valence-electron chi connectivity index (χ0n) is 16.1. The summed E-state index contributed by atoms with van der Waals surface area (Å²) in [4.78, 5) is 18.1. The molecule has 3 aliphatic heterocycles. The molecule has 0 saturated carbocycles. The molecular formula is C24H26N2O2. The number of carbonyl (C=O) groups is 1. The van der Waals surface area contributed by atoms with Gasteiger partial charge in [-0.2, -0.15) is 0 Å². The lowest BCUT2D eigenvalue weighted by Gasteiger charge is -2.29. The summed E-state index contributed by atoms with van der Waals surface area (Å²) in [5, 5.41) is 0. The van der Waals surface area contributed by atoms with Crippen LogP contribution in [0.15, 0.2) is 59.0 Å². The van der Waals surface area contributed by atoms with Gasteiger partial charge < -0.3 is 14.2 Å². The Morgan fingerprint density at radius 1 is 0.893 bits per heavy atom. The lowest BCUT2D eigenvalue weighted by molar-refractivity contribution is 0.0709. The fraction of sp³-hybridized carbons (Fsp3) is 0.375. The van der Waals surface area contributed by atoms with E-state index in [0.29, 0.717) is 6.04 Å². The fourth-order valence-corrected chi connectivity index (χ4v) is 4.71. The molecule has 3 heterocycles. The summed E-state index contributed by atoms with van der Waals surface area (Å²) in [6.07, 6.45) is 4.77. The molecule has 4 nitrogen and oxygen atoms in total. The number of carbonyl (C=O) groups excluding carboxylic acids is 1. The number of hydrogen-bond donors (Lipinski definition) is 0. The van der Waals surface area contributed by atoms with E-state index in [2.05, 4.69) is 15.9 Å². The maximum Gasteiger partial charge on any atom is 0.254 e. The first-order valence-corrected chi connectivity index (χ1v) is 10.4. The van der Waals surface area contributed by atoms with Crippen LogP contribution in [0, 0.1) is 0 Å². The van der Waals surface area contributed by atoms with Crippen molar-refractivity contribution in [2.24, 2.45) is 0 Å². The van der Waals surface area contributed by atoms with E-state index in [1.165, 1.54) is 25.9 Å². The lowest BCUT2D eigenvalue weighted by Crippen LogP contribution is -2.42. The van der Waals surface area contributed by atoms with Gasteiger partial charge in [-0.3, -0.25) is 4.79 Å². The molecule has 0 N–H and O–H groups in total. The third-order valence-corrected chi connectivity index (χ3v) is 6.17. The van der Waals surface area contributed by atoms with Crippen LogP contribution in [0.25, 0.3) is 22.6 Å². The zero-order valence-corrected chi connectivity index (χ0v) is 16.1. The van der Waals surface area contributed by atoms with E-state index in [1.807, 2.05) is 48.5 Å². The molecule has 144 valence electrons. The van der Waals surface area contributed by atoms with Gasteiger partial charge in [-0.25, -0.2) is 0 Å². The number of rotatable bonds is 4. The van der Waals surface area contributed by atoms with Crippen LogP contribution in [-0.2, 0) is 0 Å². The first kappa shape index (κ1) is 17.5. The van der Waals surface area contributed by atoms with E-state index in [9.17, 15) is 4.79 Å². The van der Waals surface area contributed by atoms with Gasteiger partial charge in [-0.1, -0.05) is 30.3 Å². The highest BCUT2D eigenvalue weighted by Gasteiger charge is 2.32. The second-order valence-electron chi connectivity index (χ2n) is 7.99. The molecule has 1 aromatic rings. The molecule has 0 bridgehead atoms. The largest absolute Gasteiger partial charge is 0.456 e. The standard InChI is InChI=1S/C24H26N2O2/c27-24(26-16-6-8-19(26)17-25-14-3-4-15-25)21-10-2-1-9-20(21)23-13-12-18-7-5-11-22(18)28-23/h1-2,5,7,9-13,19H,3-4,6,8,14-17H2/t19-/m0/s1. The third kappa shape index (κ3) is 3.22. The first-order chi connectivity index (χ1) is 13.8. The van der Waals surface area contributed by atoms with Gasteiger partial charge in [0, 0.05) is 30.3 Å². The van der Waals surface area contributed by atoms with Gasteiger partial charge in [0.15, 0.2) is 0 Å². The van der Waals surface area contributed by atoms with E-state index >= 15 is 0 Å². The molecule has 4 heteroatoms. The van der Waals surface area contributed by atoms with Crippen molar-refractivity contribution >= 4 is 5.91 Å². The van der Waals surface area contributed by atoms with Crippen LogP contribution in [0.1, 0.15) is 36.0 Å². The Kier molecular flexibility index (Phi) is 4.65. The molecule has 4 aliphatic rings. The Hall–Kier alpha value is -2.59. The average Bonchev–Trinajstić information content (AvgIpc) is 3.49. The van der Waals surface area contributed by atoms with E-state index in [-0.39, 0.29) is 5.91 Å². The number of fused-ring (bicyclic) bond motifs is 1. The smallest absolute Gasteiger partial charge is 0.254 e. The summed E-state index contributed by atoms with van der Waals surface area (Å²) in [6, 6.07) is 18.2. The zero-order chi connectivity index (χ0) is 18.9. The molecule has 1 aliphatic carbocycles. The van der Waals surface area contributed by atoms with Gasteiger partial charge in [-0.15, -0.1) is 0 Å². The minimum Gasteiger partial charge on any atom is -0.456 e. The van der Waals surface area contributed by atoms with E-state index < -0.39 is 0 Å². The Balaban J connectivity index is 1.44. The van der Waals surface area contributed by atoms with Crippen LogP contribution in [-0.4, -0.2) is 47.9 Å². The maximum atomic E-state index is 13.5. The van der Waals surface area contributed by atoms with Crippen molar-refractivity contribution in [1.29, 1.82) is 0 Å². The fourth-order valence-electron chi connectivity index (χ4n) is 4.71. The summed E-state index contributed by atoms with van der Waals surface area (Å²) < 4.78 is 6.10. The van der Waals surface area contributed by atoms with E-state index in [4.69, 9.17) is 4.42 Å². The van der Waals surface area contributed by atoms with E-state index in [0.717, 1.165) is 54.1 Å². The Morgan fingerprint density at radius 3 is 2.64 bits per heavy atom. The predicted octanol–water partition coefficient (Wildman–Crippen LogP) is 4.75. The van der Waals surface area contributed by atoms with Crippen molar-refractivity contribution in [1.82, 2.24) is 9.80 Å². The van der Waals surface area contributed by atoms with Crippen LogP contribution in [0.3, 0.4) is 0 Å². The number of likely N-dealkylation sites (tertiary alicyclic amines) is 2. The minimum atomic E-state index is 0.134. The van der Waals surface area contributed by atoms with Crippen molar-refractivity contribution in [3.8, 4) is 22.6 Å². The van der Waals surface area contributed by atoms with Gasteiger partial charge in [0.1, 0.15) is 11.5 Å². The maximum absolute atomic E-state index is 13.5. The average molecular weight is 374 g/mol. The Labute approximate surface area is 166 Å². The van der Waals surface area contributed by atoms with Crippen LogP contribution in [0.5, 0.6) is 0 Å². The molecule has 1 atom stereocenters. The normalized spacial score (nSPS) is 20.3. The molecule has 0 radical (unpaired) electrons. The molecule has 5 rings (SSSR count). The second-order valence-corrected chi connectivity index (χ2v) is 7.99. The van der Waals surface area contributed by atoms with Crippen molar-refractivity contribution in [2.45, 2.75) is 31.7 Å².